The SMILES string of the molecule is Cc1cc(Oc2ccc3c(c2)CCC3=O)ncn1. The van der Waals surface area contributed by atoms with Gasteiger partial charge in [0.25, 0.3) is 0 Å². The minimum absolute atomic E-state index is 0.217. The van der Waals surface area contributed by atoms with Crippen molar-refractivity contribution in [1.82, 2.24) is 9.97 Å². The minimum atomic E-state index is 0.217. The molecule has 0 aliphatic heterocycles. The lowest BCUT2D eigenvalue weighted by Crippen LogP contribution is -1.93. The zero-order valence-electron chi connectivity index (χ0n) is 10.0. The fraction of sp³-hybridized carbons (Fsp3) is 0.214. The summed E-state index contributed by atoms with van der Waals surface area (Å²) >= 11 is 0. The average Bonchev–Trinajstić information content (AvgIpc) is 2.71. The second-order valence-electron chi connectivity index (χ2n) is 4.34. The summed E-state index contributed by atoms with van der Waals surface area (Å²) in [5.41, 5.74) is 2.74. The van der Waals surface area contributed by atoms with Gasteiger partial charge in [0.2, 0.25) is 5.88 Å². The number of aromatic nitrogens is 2. The molecule has 0 atom stereocenters. The summed E-state index contributed by atoms with van der Waals surface area (Å²) in [5, 5.41) is 0. The molecule has 4 heteroatoms. The molecule has 0 N–H and O–H groups in total. The van der Waals surface area contributed by atoms with Crippen molar-refractivity contribution in [1.29, 1.82) is 0 Å². The molecule has 0 saturated heterocycles. The van der Waals surface area contributed by atoms with Crippen LogP contribution in [0.15, 0.2) is 30.6 Å². The smallest absolute Gasteiger partial charge is 0.222 e. The quantitative estimate of drug-likeness (QED) is 0.809. The van der Waals surface area contributed by atoms with Crippen molar-refractivity contribution in [3.8, 4) is 11.6 Å². The van der Waals surface area contributed by atoms with Crippen molar-refractivity contribution in [3.63, 3.8) is 0 Å². The van der Waals surface area contributed by atoms with Crippen LogP contribution in [0.3, 0.4) is 0 Å². The predicted octanol–water partition coefficient (Wildman–Crippen LogP) is 2.71. The molecule has 0 fully saturated rings. The number of fused-ring (bicyclic) bond motifs is 1. The van der Waals surface area contributed by atoms with Crippen molar-refractivity contribution in [2.45, 2.75) is 19.8 Å². The van der Waals surface area contributed by atoms with Crippen molar-refractivity contribution in [3.05, 3.63) is 47.4 Å². The predicted molar refractivity (Wildman–Crippen MR) is 65.9 cm³/mol. The van der Waals surface area contributed by atoms with E-state index in [1.54, 1.807) is 12.1 Å². The molecule has 0 saturated carbocycles. The fourth-order valence-electron chi connectivity index (χ4n) is 2.10. The van der Waals surface area contributed by atoms with E-state index in [9.17, 15) is 4.79 Å². The zero-order valence-corrected chi connectivity index (χ0v) is 10.0. The van der Waals surface area contributed by atoms with E-state index in [2.05, 4.69) is 9.97 Å². The standard InChI is InChI=1S/C14H12N2O2/c1-9-6-14(16-8-15-9)18-11-3-4-12-10(7-11)2-5-13(12)17/h3-4,6-8H,2,5H2,1H3. The van der Waals surface area contributed by atoms with E-state index >= 15 is 0 Å². The third-order valence-electron chi connectivity index (χ3n) is 3.00. The van der Waals surface area contributed by atoms with E-state index in [-0.39, 0.29) is 5.78 Å². The van der Waals surface area contributed by atoms with Crippen LogP contribution in [0.5, 0.6) is 11.6 Å². The fourth-order valence-corrected chi connectivity index (χ4v) is 2.10. The number of carbonyl (C=O) groups excluding carboxylic acids is 1. The van der Waals surface area contributed by atoms with Crippen LogP contribution in [-0.2, 0) is 6.42 Å². The topological polar surface area (TPSA) is 52.1 Å². The monoisotopic (exact) mass is 240 g/mol. The maximum Gasteiger partial charge on any atom is 0.222 e. The third kappa shape index (κ3) is 1.97. The molecule has 3 rings (SSSR count). The maximum atomic E-state index is 11.5. The number of hydrogen-bond acceptors (Lipinski definition) is 4. The number of ketones is 1. The second kappa shape index (κ2) is 4.22. The van der Waals surface area contributed by atoms with E-state index in [0.717, 1.165) is 23.2 Å². The number of Topliss-reactive ketones (excluding diaryl/α,β-unsaturated/α-hetero) is 1. The molecule has 1 aromatic heterocycles. The maximum absolute atomic E-state index is 11.5. The van der Waals surface area contributed by atoms with Crippen LogP contribution >= 0.6 is 0 Å². The highest BCUT2D eigenvalue weighted by Gasteiger charge is 2.19. The van der Waals surface area contributed by atoms with Crippen LogP contribution < -0.4 is 4.74 Å². The van der Waals surface area contributed by atoms with Crippen molar-refractivity contribution in [2.75, 3.05) is 0 Å². The Labute approximate surface area is 105 Å². The molecule has 4 nitrogen and oxygen atoms in total. The van der Waals surface area contributed by atoms with Gasteiger partial charge in [-0.25, -0.2) is 9.97 Å². The summed E-state index contributed by atoms with van der Waals surface area (Å²) in [6.45, 7) is 1.88. The molecule has 0 amide bonds. The first-order chi connectivity index (χ1) is 8.72. The molecule has 0 unspecified atom stereocenters. The van der Waals surface area contributed by atoms with E-state index in [1.165, 1.54) is 6.33 Å². The van der Waals surface area contributed by atoms with Crippen LogP contribution in [0, 0.1) is 6.92 Å². The van der Waals surface area contributed by atoms with Gasteiger partial charge in [0.1, 0.15) is 12.1 Å². The van der Waals surface area contributed by atoms with Gasteiger partial charge >= 0.3 is 0 Å². The number of hydrogen-bond donors (Lipinski definition) is 0. The Bertz CT molecular complexity index is 623. The Morgan fingerprint density at radius 1 is 1.17 bits per heavy atom. The lowest BCUT2D eigenvalue weighted by Gasteiger charge is -2.06. The van der Waals surface area contributed by atoms with E-state index in [0.29, 0.717) is 18.1 Å². The van der Waals surface area contributed by atoms with Gasteiger partial charge in [-0.05, 0) is 37.1 Å². The van der Waals surface area contributed by atoms with Crippen molar-refractivity contribution >= 4 is 5.78 Å². The second-order valence-corrected chi connectivity index (χ2v) is 4.34. The molecule has 0 bridgehead atoms. The Hall–Kier alpha value is -2.23. The molecule has 1 aliphatic carbocycles. The first-order valence-corrected chi connectivity index (χ1v) is 5.85. The van der Waals surface area contributed by atoms with Gasteiger partial charge in [0, 0.05) is 23.7 Å². The number of aryl methyl sites for hydroxylation is 2. The number of ether oxygens (including phenoxy) is 1. The molecular weight excluding hydrogens is 228 g/mol. The summed E-state index contributed by atoms with van der Waals surface area (Å²) in [6, 6.07) is 7.32. The van der Waals surface area contributed by atoms with Crippen LogP contribution in [-0.4, -0.2) is 15.8 Å². The largest absolute Gasteiger partial charge is 0.439 e. The molecule has 0 radical (unpaired) electrons. The normalized spacial score (nSPS) is 13.5. The summed E-state index contributed by atoms with van der Waals surface area (Å²) < 4.78 is 5.66. The molecule has 18 heavy (non-hydrogen) atoms. The average molecular weight is 240 g/mol. The highest BCUT2D eigenvalue weighted by molar-refractivity contribution is 6.00. The Balaban J connectivity index is 1.88. The van der Waals surface area contributed by atoms with Crippen LogP contribution in [0.25, 0.3) is 0 Å². The van der Waals surface area contributed by atoms with Crippen LogP contribution in [0.4, 0.5) is 0 Å². The lowest BCUT2D eigenvalue weighted by molar-refractivity contribution is 0.0994. The highest BCUT2D eigenvalue weighted by atomic mass is 16.5. The molecule has 90 valence electrons. The number of rotatable bonds is 2. The summed E-state index contributed by atoms with van der Waals surface area (Å²) in [6.07, 6.45) is 2.88. The van der Waals surface area contributed by atoms with Gasteiger partial charge in [-0.15, -0.1) is 0 Å². The summed E-state index contributed by atoms with van der Waals surface area (Å²) in [7, 11) is 0. The Kier molecular flexibility index (Phi) is 2.55. The molecule has 1 heterocycles. The minimum Gasteiger partial charge on any atom is -0.439 e. The van der Waals surface area contributed by atoms with E-state index in [1.807, 2.05) is 19.1 Å². The van der Waals surface area contributed by atoms with Gasteiger partial charge in [-0.1, -0.05) is 0 Å². The number of nitrogens with zero attached hydrogens (tertiary/aromatic N) is 2. The van der Waals surface area contributed by atoms with Gasteiger partial charge < -0.3 is 4.74 Å². The first kappa shape index (κ1) is 10.9. The third-order valence-corrected chi connectivity index (χ3v) is 3.00. The number of carbonyl (C=O) groups is 1. The summed E-state index contributed by atoms with van der Waals surface area (Å²) in [4.78, 5) is 19.6. The van der Waals surface area contributed by atoms with Gasteiger partial charge in [0.15, 0.2) is 5.78 Å². The van der Waals surface area contributed by atoms with E-state index < -0.39 is 0 Å². The molecular formula is C14H12N2O2. The van der Waals surface area contributed by atoms with Crippen molar-refractivity contribution < 1.29 is 9.53 Å². The molecule has 2 aromatic rings. The van der Waals surface area contributed by atoms with Crippen LogP contribution in [0.2, 0.25) is 0 Å². The van der Waals surface area contributed by atoms with E-state index in [4.69, 9.17) is 4.74 Å². The molecule has 1 aliphatic rings. The zero-order chi connectivity index (χ0) is 12.5. The highest BCUT2D eigenvalue weighted by Crippen LogP contribution is 2.28. The van der Waals surface area contributed by atoms with Gasteiger partial charge in [-0.2, -0.15) is 0 Å². The lowest BCUT2D eigenvalue weighted by atomic mass is 10.1. The Morgan fingerprint density at radius 3 is 2.89 bits per heavy atom. The van der Waals surface area contributed by atoms with Gasteiger partial charge in [0.05, 0.1) is 0 Å². The van der Waals surface area contributed by atoms with Gasteiger partial charge in [-0.3, -0.25) is 4.79 Å². The molecule has 1 aromatic carbocycles. The first-order valence-electron chi connectivity index (χ1n) is 5.85. The number of benzene rings is 1. The Morgan fingerprint density at radius 2 is 2.06 bits per heavy atom. The van der Waals surface area contributed by atoms with Crippen molar-refractivity contribution in [2.24, 2.45) is 0 Å². The summed E-state index contributed by atoms with van der Waals surface area (Å²) in [5.74, 6) is 1.45. The van der Waals surface area contributed by atoms with Crippen LogP contribution in [0.1, 0.15) is 28.0 Å². The molecule has 0 spiro atoms.